The molecule has 35 heavy (non-hydrogen) atoms. The molecule has 176 valence electrons. The summed E-state index contributed by atoms with van der Waals surface area (Å²) >= 11 is 0. The van der Waals surface area contributed by atoms with E-state index in [1.165, 1.54) is 56.0 Å². The molecule has 0 atom stereocenters. The zero-order valence-corrected chi connectivity index (χ0v) is 22.0. The number of nitrogens with zero attached hydrogens (tertiary/aromatic N) is 1. The largest absolute Gasteiger partial charge is 0.310 e. The molecule has 0 fully saturated rings. The maximum Gasteiger partial charge on any atom is 0.0506 e. The van der Waals surface area contributed by atoms with Gasteiger partial charge in [-0.3, -0.25) is 0 Å². The van der Waals surface area contributed by atoms with Crippen molar-refractivity contribution in [2.45, 2.75) is 64.7 Å². The van der Waals surface area contributed by atoms with Gasteiger partial charge in [0.2, 0.25) is 0 Å². The lowest BCUT2D eigenvalue weighted by Crippen LogP contribution is -2.18. The van der Waals surface area contributed by atoms with Gasteiger partial charge in [0.15, 0.2) is 0 Å². The normalized spacial score (nSPS) is 19.9. The molecule has 3 aliphatic rings. The van der Waals surface area contributed by atoms with Gasteiger partial charge in [-0.2, -0.15) is 0 Å². The Balaban J connectivity index is 1.66. The molecule has 1 heteroatoms. The molecule has 1 nitrogen and oxygen atoms in total. The molecule has 0 heterocycles. The van der Waals surface area contributed by atoms with E-state index in [0.29, 0.717) is 0 Å². The Morgan fingerprint density at radius 3 is 1.37 bits per heavy atom. The fourth-order valence-corrected chi connectivity index (χ4v) is 6.40. The molecule has 0 N–H and O–H groups in total. The van der Waals surface area contributed by atoms with Crippen LogP contribution in [-0.2, 0) is 16.2 Å². The van der Waals surface area contributed by atoms with Crippen molar-refractivity contribution >= 4 is 17.1 Å². The third kappa shape index (κ3) is 3.21. The van der Waals surface area contributed by atoms with Crippen molar-refractivity contribution in [2.24, 2.45) is 0 Å². The summed E-state index contributed by atoms with van der Waals surface area (Å²) in [5.74, 6) is 0. The van der Waals surface area contributed by atoms with Crippen molar-refractivity contribution < 1.29 is 0 Å². The van der Waals surface area contributed by atoms with E-state index in [9.17, 15) is 0 Å². The fourth-order valence-electron chi connectivity index (χ4n) is 6.40. The van der Waals surface area contributed by atoms with Crippen LogP contribution in [0.1, 0.15) is 80.5 Å². The lowest BCUT2D eigenvalue weighted by Gasteiger charge is -2.31. The monoisotopic (exact) mass is 457 g/mol. The second-order valence-corrected chi connectivity index (χ2v) is 12.2. The summed E-state index contributed by atoms with van der Waals surface area (Å²) in [5.41, 5.74) is 13.3. The number of hydrogen-bond donors (Lipinski definition) is 0. The highest BCUT2D eigenvalue weighted by atomic mass is 15.2. The fraction of sp³-hybridized carbons (Fsp3) is 0.294. The third-order valence-electron chi connectivity index (χ3n) is 8.15. The van der Waals surface area contributed by atoms with Crippen molar-refractivity contribution in [3.63, 3.8) is 0 Å². The summed E-state index contributed by atoms with van der Waals surface area (Å²) in [7, 11) is 0. The van der Waals surface area contributed by atoms with Crippen LogP contribution in [0.4, 0.5) is 0 Å². The topological polar surface area (TPSA) is 3.24 Å². The average molecular weight is 458 g/mol. The molecule has 0 aromatic heterocycles. The SMILES string of the molecule is Cc1ccc2c(c1)C(N(C1=CC(C)(C)c3ccccc31)C1=CC(C)(C)c3ccccc31)=CC2(C)C. The van der Waals surface area contributed by atoms with E-state index < -0.39 is 0 Å². The highest BCUT2D eigenvalue weighted by Crippen LogP contribution is 2.53. The Bertz CT molecular complexity index is 1400. The van der Waals surface area contributed by atoms with Gasteiger partial charge >= 0.3 is 0 Å². The van der Waals surface area contributed by atoms with Crippen LogP contribution >= 0.6 is 0 Å². The molecule has 6 rings (SSSR count). The summed E-state index contributed by atoms with van der Waals surface area (Å²) in [6.07, 6.45) is 7.45. The maximum absolute atomic E-state index is 2.58. The molecule has 3 aromatic carbocycles. The minimum absolute atomic E-state index is 0.0253. The van der Waals surface area contributed by atoms with Crippen LogP contribution in [-0.4, -0.2) is 4.90 Å². The van der Waals surface area contributed by atoms with Crippen LogP contribution in [0.3, 0.4) is 0 Å². The van der Waals surface area contributed by atoms with Gasteiger partial charge in [0.05, 0.1) is 17.1 Å². The smallest absolute Gasteiger partial charge is 0.0506 e. The van der Waals surface area contributed by atoms with Crippen LogP contribution < -0.4 is 0 Å². The zero-order valence-electron chi connectivity index (χ0n) is 22.0. The summed E-state index contributed by atoms with van der Waals surface area (Å²) in [5, 5.41) is 0. The molecule has 0 saturated heterocycles. The van der Waals surface area contributed by atoms with E-state index >= 15 is 0 Å². The Labute approximate surface area is 210 Å². The Morgan fingerprint density at radius 1 is 0.486 bits per heavy atom. The summed E-state index contributed by atoms with van der Waals surface area (Å²) < 4.78 is 0. The number of benzene rings is 3. The molecule has 3 aliphatic carbocycles. The van der Waals surface area contributed by atoms with E-state index in [-0.39, 0.29) is 16.2 Å². The molecular formula is C34H35N. The highest BCUT2D eigenvalue weighted by Gasteiger charge is 2.41. The van der Waals surface area contributed by atoms with Gasteiger partial charge in [-0.1, -0.05) is 108 Å². The first-order valence-electron chi connectivity index (χ1n) is 12.8. The number of hydrogen-bond acceptors (Lipinski definition) is 1. The van der Waals surface area contributed by atoms with Gasteiger partial charge in [0, 0.05) is 32.9 Å². The quantitative estimate of drug-likeness (QED) is 0.380. The van der Waals surface area contributed by atoms with Crippen molar-refractivity contribution in [1.82, 2.24) is 4.90 Å². The standard InChI is InChI=1S/C34H35N/c1-22-16-17-28-25(18-22)31(21-34(28,6)7)35(29-19-32(2,3)26-14-10-8-12-23(26)29)30-20-33(4,5)27-15-11-9-13-24(27)30/h8-21H,1-7H3. The minimum Gasteiger partial charge on any atom is -0.310 e. The predicted molar refractivity (Wildman–Crippen MR) is 149 cm³/mol. The maximum atomic E-state index is 2.58. The number of fused-ring (bicyclic) bond motifs is 3. The number of allylic oxidation sites excluding steroid dienone is 3. The lowest BCUT2D eigenvalue weighted by atomic mass is 9.87. The van der Waals surface area contributed by atoms with Gasteiger partial charge in [-0.05, 0) is 47.9 Å². The average Bonchev–Trinajstić information content (AvgIpc) is 3.34. The molecule has 0 saturated carbocycles. The first-order chi connectivity index (χ1) is 16.5. The second kappa shape index (κ2) is 7.10. The summed E-state index contributed by atoms with van der Waals surface area (Å²) in [4.78, 5) is 2.58. The highest BCUT2D eigenvalue weighted by molar-refractivity contribution is 5.95. The first kappa shape index (κ1) is 22.2. The minimum atomic E-state index is -0.0288. The summed E-state index contributed by atoms with van der Waals surface area (Å²) in [6, 6.07) is 24.8. The van der Waals surface area contributed by atoms with E-state index in [1.54, 1.807) is 0 Å². The van der Waals surface area contributed by atoms with E-state index in [4.69, 9.17) is 0 Å². The van der Waals surface area contributed by atoms with E-state index in [0.717, 1.165) is 0 Å². The van der Waals surface area contributed by atoms with Crippen LogP contribution in [0.15, 0.2) is 85.0 Å². The Morgan fingerprint density at radius 2 is 0.886 bits per heavy atom. The molecular weight excluding hydrogens is 422 g/mol. The van der Waals surface area contributed by atoms with E-state index in [1.807, 2.05) is 0 Å². The molecule has 0 unspecified atom stereocenters. The van der Waals surface area contributed by atoms with Gasteiger partial charge in [-0.25, -0.2) is 0 Å². The predicted octanol–water partition coefficient (Wildman–Crippen LogP) is 8.59. The van der Waals surface area contributed by atoms with Gasteiger partial charge in [0.25, 0.3) is 0 Å². The second-order valence-electron chi connectivity index (χ2n) is 12.2. The van der Waals surface area contributed by atoms with Crippen LogP contribution in [0.25, 0.3) is 17.1 Å². The van der Waals surface area contributed by atoms with Gasteiger partial charge in [-0.15, -0.1) is 0 Å². The molecule has 0 aliphatic heterocycles. The van der Waals surface area contributed by atoms with Crippen molar-refractivity contribution in [2.75, 3.05) is 0 Å². The Kier molecular flexibility index (Phi) is 4.50. The van der Waals surface area contributed by atoms with Crippen molar-refractivity contribution in [3.05, 3.63) is 124 Å². The zero-order chi connectivity index (χ0) is 24.8. The van der Waals surface area contributed by atoms with Crippen LogP contribution in [0.5, 0.6) is 0 Å². The summed E-state index contributed by atoms with van der Waals surface area (Å²) in [6.45, 7) is 16.2. The molecule has 0 radical (unpaired) electrons. The van der Waals surface area contributed by atoms with E-state index in [2.05, 4.69) is 138 Å². The lowest BCUT2D eigenvalue weighted by molar-refractivity contribution is 0.673. The molecule has 0 bridgehead atoms. The van der Waals surface area contributed by atoms with Gasteiger partial charge in [0.1, 0.15) is 0 Å². The molecule has 0 spiro atoms. The molecule has 0 amide bonds. The Hall–Kier alpha value is -3.32. The van der Waals surface area contributed by atoms with Gasteiger partial charge < -0.3 is 4.90 Å². The first-order valence-corrected chi connectivity index (χ1v) is 12.8. The van der Waals surface area contributed by atoms with Crippen molar-refractivity contribution in [3.8, 4) is 0 Å². The van der Waals surface area contributed by atoms with Crippen molar-refractivity contribution in [1.29, 1.82) is 0 Å². The third-order valence-corrected chi connectivity index (χ3v) is 8.15. The molecule has 3 aromatic rings. The van der Waals surface area contributed by atoms with Crippen LogP contribution in [0.2, 0.25) is 0 Å². The van der Waals surface area contributed by atoms with Crippen LogP contribution in [0, 0.1) is 6.92 Å². The number of aryl methyl sites for hydroxylation is 1. The number of rotatable bonds is 3.